The lowest BCUT2D eigenvalue weighted by molar-refractivity contribution is -0.385. The molecule has 0 radical (unpaired) electrons. The van der Waals surface area contributed by atoms with Gasteiger partial charge in [-0.1, -0.05) is 122 Å². The zero-order chi connectivity index (χ0) is 93.1. The van der Waals surface area contributed by atoms with Gasteiger partial charge in [0.15, 0.2) is 23.9 Å². The van der Waals surface area contributed by atoms with Crippen LogP contribution in [0.3, 0.4) is 0 Å². The second-order valence-electron chi connectivity index (χ2n) is 28.5. The van der Waals surface area contributed by atoms with Crippen LogP contribution in [0.2, 0.25) is 0 Å². The van der Waals surface area contributed by atoms with E-state index in [2.05, 4.69) is 51.2 Å². The number of furan rings is 1. The number of nitrogens with zero attached hydrogens (tertiary/aromatic N) is 9. The SMILES string of the molecule is CCCC(NC(=O)COc1ccc2c(c1)C=C(C)C(c1ccc3c(c1)OCCCO3)C2=O)C(=O)O.CCOC(=O)CCN(Cc1ccco1)c1ncnc(Oc2ncnc3ccccc23)c1[N+](=O)[O-].CCOC(=O)c1c(-c2ccccc2)csc1NC(=O)c1cccc([N+](=O)[O-])c1C(=O)O.Cc1ccc2nc(NCC(=O)NC(CC(=O)O)C(=O)O)nc(-c3ccccc3)c2c1. The molecule has 3 amide bonds. The van der Waals surface area contributed by atoms with Crippen LogP contribution in [0, 0.1) is 27.2 Å². The smallest absolute Gasteiger partial charge is 0.373 e. The summed E-state index contributed by atoms with van der Waals surface area (Å²) in [5, 5.41) is 72.9. The second-order valence-corrected chi connectivity index (χ2v) is 29.4. The molecule has 5 aromatic heterocycles. The number of fused-ring (bicyclic) bond motifs is 4. The summed E-state index contributed by atoms with van der Waals surface area (Å²) in [6.07, 6.45) is 6.94. The van der Waals surface area contributed by atoms with Crippen molar-refractivity contribution >= 4 is 127 Å². The van der Waals surface area contributed by atoms with Crippen molar-refractivity contribution < 1.29 is 111 Å². The first-order valence-electron chi connectivity index (χ1n) is 40.3. The van der Waals surface area contributed by atoms with Crippen LogP contribution >= 0.6 is 11.3 Å². The second kappa shape index (κ2) is 44.9. The molecule has 8 N–H and O–H groups in total. The molecular formula is C91H85N13O25S. The van der Waals surface area contributed by atoms with Crippen LogP contribution < -0.4 is 45.1 Å². The molecule has 38 nitrogen and oxygen atoms in total. The average molecular weight is 1790 g/mol. The third-order valence-corrected chi connectivity index (χ3v) is 20.3. The number of carbonyl (C=O) groups is 10. The van der Waals surface area contributed by atoms with Crippen molar-refractivity contribution in [2.24, 2.45) is 0 Å². The van der Waals surface area contributed by atoms with E-state index in [1.807, 2.05) is 99.6 Å². The van der Waals surface area contributed by atoms with E-state index in [9.17, 15) is 78.4 Å². The number of carboxylic acid groups (broad SMARTS) is 4. The zero-order valence-electron chi connectivity index (χ0n) is 70.3. The van der Waals surface area contributed by atoms with Crippen molar-refractivity contribution in [1.29, 1.82) is 0 Å². The summed E-state index contributed by atoms with van der Waals surface area (Å²) in [5.41, 5.74) is 6.02. The van der Waals surface area contributed by atoms with E-state index in [0.717, 1.165) is 63.4 Å². The maximum absolute atomic E-state index is 13.4. The Labute approximate surface area is 743 Å². The van der Waals surface area contributed by atoms with Gasteiger partial charge in [-0.25, -0.2) is 44.1 Å². The van der Waals surface area contributed by atoms with Crippen molar-refractivity contribution in [2.45, 2.75) is 91.3 Å². The first kappa shape index (κ1) is 94.2. The third-order valence-electron chi connectivity index (χ3n) is 19.4. The number of carbonyl (C=O) groups excluding carboxylic acids is 6. The van der Waals surface area contributed by atoms with Gasteiger partial charge in [-0.2, -0.15) is 4.98 Å². The van der Waals surface area contributed by atoms with Crippen LogP contribution in [0.1, 0.15) is 130 Å². The predicted molar refractivity (Wildman–Crippen MR) is 472 cm³/mol. The number of ether oxygens (including phenoxy) is 6. The first-order chi connectivity index (χ1) is 62.6. The molecule has 130 heavy (non-hydrogen) atoms. The van der Waals surface area contributed by atoms with Crippen molar-refractivity contribution in [3.05, 3.63) is 265 Å². The highest BCUT2D eigenvalue weighted by Crippen LogP contribution is 2.43. The third kappa shape index (κ3) is 24.6. The largest absolute Gasteiger partial charge is 0.490 e. The number of benzene rings is 7. The van der Waals surface area contributed by atoms with E-state index in [4.69, 9.17) is 43.1 Å². The minimum Gasteiger partial charge on any atom is -0.490 e. The maximum Gasteiger partial charge on any atom is 0.373 e. The van der Waals surface area contributed by atoms with Crippen LogP contribution in [0.25, 0.3) is 50.3 Å². The Morgan fingerprint density at radius 2 is 1.36 bits per heavy atom. The quantitative estimate of drug-likeness (QED) is 0.0108. The summed E-state index contributed by atoms with van der Waals surface area (Å²) in [6.45, 7) is 10.2. The monoisotopic (exact) mass is 1790 g/mol. The van der Waals surface area contributed by atoms with Crippen LogP contribution in [0.4, 0.5) is 28.1 Å². The number of hydrogen-bond acceptors (Lipinski definition) is 30. The van der Waals surface area contributed by atoms with Gasteiger partial charge < -0.3 is 79.4 Å². The maximum atomic E-state index is 13.4. The first-order valence-corrected chi connectivity index (χ1v) is 41.2. The number of nitro groups is 2. The van der Waals surface area contributed by atoms with E-state index in [1.165, 1.54) is 24.7 Å². The molecule has 0 fully saturated rings. The number of hydrogen-bond donors (Lipinski definition) is 8. The number of thiophene rings is 1. The van der Waals surface area contributed by atoms with Crippen molar-refractivity contribution in [3.63, 3.8) is 0 Å². The molecule has 0 saturated heterocycles. The number of allylic oxidation sites excluding steroid dienone is 1. The number of para-hydroxylation sites is 1. The number of amides is 3. The molecule has 0 bridgehead atoms. The molecule has 3 unspecified atom stereocenters. The zero-order valence-corrected chi connectivity index (χ0v) is 71.1. The van der Waals surface area contributed by atoms with E-state index < -0.39 is 110 Å². The van der Waals surface area contributed by atoms with Gasteiger partial charge in [0.05, 0.1) is 102 Å². The lowest BCUT2D eigenvalue weighted by Gasteiger charge is -2.24. The van der Waals surface area contributed by atoms with Gasteiger partial charge in [0.25, 0.3) is 17.5 Å². The van der Waals surface area contributed by atoms with Gasteiger partial charge in [-0.3, -0.25) is 49.0 Å². The molecule has 2 aliphatic rings. The molecule has 3 atom stereocenters. The summed E-state index contributed by atoms with van der Waals surface area (Å²) in [6, 6.07) is 46.4. The van der Waals surface area contributed by atoms with Gasteiger partial charge in [0.1, 0.15) is 52.4 Å². The summed E-state index contributed by atoms with van der Waals surface area (Å²) in [7, 11) is 0. The number of esters is 2. The molecule has 1 aliphatic carbocycles. The molecule has 39 heteroatoms. The number of anilines is 3. The highest BCUT2D eigenvalue weighted by Gasteiger charge is 2.35. The predicted octanol–water partition coefficient (Wildman–Crippen LogP) is 14.2. The molecule has 7 aromatic carbocycles. The number of Topliss-reactive ketones (excluding diaryl/α,β-unsaturated/α-hetero) is 1. The van der Waals surface area contributed by atoms with Crippen LogP contribution in [-0.4, -0.2) is 178 Å². The number of aliphatic carboxylic acids is 3. The number of aromatic nitrogens is 6. The van der Waals surface area contributed by atoms with Crippen molar-refractivity contribution in [2.75, 3.05) is 61.7 Å². The molecule has 6 heterocycles. The molecule has 14 rings (SSSR count). The molecule has 12 aromatic rings. The molecule has 0 saturated carbocycles. The highest BCUT2D eigenvalue weighted by atomic mass is 32.1. The Hall–Kier alpha value is -16.5. The highest BCUT2D eigenvalue weighted by molar-refractivity contribution is 7.15. The average Bonchev–Trinajstić information content (AvgIpc) is 0.994. The molecule has 670 valence electrons. The molecular weight excluding hydrogens is 1710 g/mol. The fourth-order valence-electron chi connectivity index (χ4n) is 13.5. The normalized spacial score (nSPS) is 12.7. The number of carboxylic acids is 4. The van der Waals surface area contributed by atoms with Gasteiger partial charge in [0.2, 0.25) is 23.6 Å². The Morgan fingerprint density at radius 1 is 0.662 bits per heavy atom. The summed E-state index contributed by atoms with van der Waals surface area (Å²) in [5.74, 6) is -6.79. The van der Waals surface area contributed by atoms with Crippen LogP contribution in [0.15, 0.2) is 204 Å². The minimum absolute atomic E-state index is 0.0115. The van der Waals surface area contributed by atoms with Gasteiger partial charge in [0, 0.05) is 46.5 Å². The Morgan fingerprint density at radius 3 is 2.05 bits per heavy atom. The van der Waals surface area contributed by atoms with Gasteiger partial charge in [-0.15, -0.1) is 11.3 Å². The summed E-state index contributed by atoms with van der Waals surface area (Å²) >= 11 is 1.06. The van der Waals surface area contributed by atoms with E-state index >= 15 is 0 Å². The number of nitro benzene ring substituents is 1. The fourth-order valence-corrected chi connectivity index (χ4v) is 14.5. The van der Waals surface area contributed by atoms with Crippen LogP contribution in [0.5, 0.6) is 29.0 Å². The summed E-state index contributed by atoms with van der Waals surface area (Å²) < 4.78 is 38.4. The topological polar surface area (TPSA) is 535 Å². The van der Waals surface area contributed by atoms with Gasteiger partial charge >= 0.3 is 47.4 Å². The van der Waals surface area contributed by atoms with Gasteiger partial charge in [-0.05, 0) is 124 Å². The number of nitrogens with one attached hydrogen (secondary N) is 4. The van der Waals surface area contributed by atoms with E-state index in [1.54, 1.807) is 103 Å². The molecule has 1 aliphatic heterocycles. The number of ketones is 1. The van der Waals surface area contributed by atoms with E-state index in [-0.39, 0.29) is 85.7 Å². The van der Waals surface area contributed by atoms with Crippen molar-refractivity contribution in [1.82, 2.24) is 40.5 Å². The van der Waals surface area contributed by atoms with E-state index in [0.29, 0.717) is 87.9 Å². The molecule has 0 spiro atoms. The summed E-state index contributed by atoms with van der Waals surface area (Å²) in [4.78, 5) is 168. The number of rotatable bonds is 33. The number of aromatic carboxylic acids is 1. The fraction of sp³-hybridized carbons (Fsp3) is 0.231. The Kier molecular flexibility index (Phi) is 32.5. The Balaban J connectivity index is 0.000000168. The number of aryl methyl sites for hydroxylation is 1. The lowest BCUT2D eigenvalue weighted by atomic mass is 9.79. The lowest BCUT2D eigenvalue weighted by Crippen LogP contribution is -2.44. The van der Waals surface area contributed by atoms with Crippen molar-refractivity contribution in [3.8, 4) is 51.4 Å². The minimum atomic E-state index is -1.61. The van der Waals surface area contributed by atoms with Crippen LogP contribution in [-0.2, 0) is 44.8 Å². The standard InChI is InChI=1S/C27H29NO7.C22H20N6O6.C21H20N4O5.C21H16N2O7S/c1-3-5-21(27(31)32)28-24(29)15-35-19-7-8-20-18(13-19)12-16(2)25(26(20)30)17-6-9-22-23(14-17)34-11-4-10-33-22;1-2-32-18(29)9-10-27(12-15-6-5-11-33-15)20-19(28(30)31)22(26-14-24-20)34-21-16-7-3-4-8-17(16)23-13-25-21;1-12-7-8-15-14(9-12)19(13-5-3-2-4-6-13)25-21(24-15)22-11-17(26)23-16(20(29)30)10-18(27)28;1-2-30-21(27)17-14(12-7-4-3-5-8-12)11-31-19(17)22-18(24)13-9-6-10-15(23(28)29)16(13)20(25)26/h6-9,12-14,21,25H,3-5,10-11,15H2,1-2H3,(H,28,29)(H,31,32);3-8,11,13-14H,2,9-10,12H2,1H3;2-9,16H,10-11H2,1H3,(H,23,26)(H,27,28)(H,29,30)(H,22,24,25);3-11H,2H2,1H3,(H,22,24)(H,25,26). The Bertz CT molecular complexity index is 6230.